The first-order valence-electron chi connectivity index (χ1n) is 13.1. The molecule has 0 bridgehead atoms. The standard InChI is InChI=1S/C36H23BrN2/c37-26-17-19-35-31(22-26)29-13-4-6-15-33(29)39(35)28-18-20-36-32(23-28)30-14-5-7-16-34(30)38(36)27-12-8-11-25(21-27)24-9-2-1-3-10-24/h1-23H. The summed E-state index contributed by atoms with van der Waals surface area (Å²) in [6, 6.07) is 50.3. The van der Waals surface area contributed by atoms with Gasteiger partial charge in [-0.3, -0.25) is 0 Å². The summed E-state index contributed by atoms with van der Waals surface area (Å²) >= 11 is 3.68. The second-order valence-corrected chi connectivity index (χ2v) is 10.9. The highest BCUT2D eigenvalue weighted by molar-refractivity contribution is 9.10. The van der Waals surface area contributed by atoms with E-state index in [4.69, 9.17) is 0 Å². The van der Waals surface area contributed by atoms with E-state index in [1.165, 1.54) is 54.7 Å². The van der Waals surface area contributed by atoms with Gasteiger partial charge in [0.1, 0.15) is 0 Å². The Kier molecular flexibility index (Phi) is 5.01. The molecular formula is C36H23BrN2. The van der Waals surface area contributed by atoms with Gasteiger partial charge in [-0.1, -0.05) is 94.8 Å². The van der Waals surface area contributed by atoms with Gasteiger partial charge in [0.15, 0.2) is 0 Å². The van der Waals surface area contributed by atoms with Crippen LogP contribution in [0, 0.1) is 0 Å². The molecule has 0 saturated heterocycles. The van der Waals surface area contributed by atoms with Gasteiger partial charge in [-0.15, -0.1) is 0 Å². The highest BCUT2D eigenvalue weighted by Gasteiger charge is 2.16. The first-order chi connectivity index (χ1) is 19.3. The van der Waals surface area contributed by atoms with E-state index in [9.17, 15) is 0 Å². The number of fused-ring (bicyclic) bond motifs is 6. The molecular weight excluding hydrogens is 540 g/mol. The summed E-state index contributed by atoms with van der Waals surface area (Å²) in [5.41, 5.74) is 9.60. The van der Waals surface area contributed by atoms with Crippen molar-refractivity contribution in [3.63, 3.8) is 0 Å². The highest BCUT2D eigenvalue weighted by Crippen LogP contribution is 2.38. The molecule has 39 heavy (non-hydrogen) atoms. The second kappa shape index (κ2) is 8.72. The predicted octanol–water partition coefficient (Wildman–Crippen LogP) is 10.3. The van der Waals surface area contributed by atoms with Gasteiger partial charge in [0.25, 0.3) is 0 Å². The number of hydrogen-bond acceptors (Lipinski definition) is 0. The van der Waals surface area contributed by atoms with Gasteiger partial charge in [-0.25, -0.2) is 0 Å². The molecule has 2 aromatic heterocycles. The molecule has 0 radical (unpaired) electrons. The van der Waals surface area contributed by atoms with E-state index in [2.05, 4.69) is 165 Å². The van der Waals surface area contributed by atoms with Crippen molar-refractivity contribution < 1.29 is 0 Å². The van der Waals surface area contributed by atoms with Crippen LogP contribution in [-0.2, 0) is 0 Å². The van der Waals surface area contributed by atoms with Crippen LogP contribution in [-0.4, -0.2) is 9.13 Å². The fourth-order valence-corrected chi connectivity index (χ4v) is 6.42. The van der Waals surface area contributed by atoms with E-state index in [1.54, 1.807) is 0 Å². The van der Waals surface area contributed by atoms with Gasteiger partial charge in [-0.05, 0) is 71.8 Å². The third-order valence-corrected chi connectivity index (χ3v) is 8.25. The molecule has 8 rings (SSSR count). The van der Waals surface area contributed by atoms with Crippen molar-refractivity contribution >= 4 is 59.5 Å². The predicted molar refractivity (Wildman–Crippen MR) is 168 cm³/mol. The molecule has 0 unspecified atom stereocenters. The summed E-state index contributed by atoms with van der Waals surface area (Å²) in [5.74, 6) is 0. The summed E-state index contributed by atoms with van der Waals surface area (Å²) in [7, 11) is 0. The van der Waals surface area contributed by atoms with Crippen molar-refractivity contribution in [1.82, 2.24) is 9.13 Å². The Morgan fingerprint density at radius 2 is 0.897 bits per heavy atom. The molecule has 2 heterocycles. The van der Waals surface area contributed by atoms with Gasteiger partial charge in [0.2, 0.25) is 0 Å². The van der Waals surface area contributed by atoms with E-state index in [-0.39, 0.29) is 0 Å². The Morgan fingerprint density at radius 3 is 1.62 bits per heavy atom. The van der Waals surface area contributed by atoms with Gasteiger partial charge in [0.05, 0.1) is 22.1 Å². The zero-order valence-corrected chi connectivity index (χ0v) is 22.6. The second-order valence-electron chi connectivity index (χ2n) is 9.98. The molecule has 0 aliphatic heterocycles. The van der Waals surface area contributed by atoms with Gasteiger partial charge < -0.3 is 9.13 Å². The van der Waals surface area contributed by atoms with Crippen LogP contribution in [0.2, 0.25) is 0 Å². The molecule has 0 fully saturated rings. The third kappa shape index (κ3) is 3.47. The summed E-state index contributed by atoms with van der Waals surface area (Å²) in [5, 5.41) is 5.01. The third-order valence-electron chi connectivity index (χ3n) is 7.76. The van der Waals surface area contributed by atoms with Crippen LogP contribution >= 0.6 is 15.9 Å². The van der Waals surface area contributed by atoms with Crippen molar-refractivity contribution in [1.29, 1.82) is 0 Å². The molecule has 0 aliphatic rings. The molecule has 3 heteroatoms. The van der Waals surface area contributed by atoms with Crippen molar-refractivity contribution in [2.75, 3.05) is 0 Å². The Balaban J connectivity index is 1.40. The van der Waals surface area contributed by atoms with E-state index >= 15 is 0 Å². The van der Waals surface area contributed by atoms with Gasteiger partial charge in [0, 0.05) is 37.4 Å². The van der Waals surface area contributed by atoms with Gasteiger partial charge >= 0.3 is 0 Å². The summed E-state index contributed by atoms with van der Waals surface area (Å²) in [4.78, 5) is 0. The summed E-state index contributed by atoms with van der Waals surface area (Å²) < 4.78 is 5.87. The first-order valence-corrected chi connectivity index (χ1v) is 13.9. The van der Waals surface area contributed by atoms with Crippen LogP contribution < -0.4 is 0 Å². The quantitative estimate of drug-likeness (QED) is 0.202. The molecule has 0 spiro atoms. The normalized spacial score (nSPS) is 11.7. The molecule has 0 N–H and O–H groups in total. The van der Waals surface area contributed by atoms with Crippen molar-refractivity contribution in [2.45, 2.75) is 0 Å². The number of rotatable bonds is 3. The fraction of sp³-hybridized carbons (Fsp3) is 0. The molecule has 0 amide bonds. The minimum absolute atomic E-state index is 1.09. The van der Waals surface area contributed by atoms with Crippen LogP contribution in [0.15, 0.2) is 144 Å². The van der Waals surface area contributed by atoms with Crippen molar-refractivity contribution in [3.8, 4) is 22.5 Å². The number of para-hydroxylation sites is 2. The van der Waals surface area contributed by atoms with Crippen LogP contribution in [0.1, 0.15) is 0 Å². The number of nitrogens with zero attached hydrogens (tertiary/aromatic N) is 2. The molecule has 0 atom stereocenters. The Bertz CT molecular complexity index is 2180. The number of benzene rings is 6. The summed E-state index contributed by atoms with van der Waals surface area (Å²) in [6.07, 6.45) is 0. The lowest BCUT2D eigenvalue weighted by Crippen LogP contribution is -1.96. The van der Waals surface area contributed by atoms with E-state index in [1.807, 2.05) is 0 Å². The van der Waals surface area contributed by atoms with E-state index < -0.39 is 0 Å². The minimum Gasteiger partial charge on any atom is -0.309 e. The smallest absolute Gasteiger partial charge is 0.0542 e. The maximum absolute atomic E-state index is 3.68. The number of aromatic nitrogens is 2. The van der Waals surface area contributed by atoms with Gasteiger partial charge in [-0.2, -0.15) is 0 Å². The van der Waals surface area contributed by atoms with Crippen LogP contribution in [0.4, 0.5) is 0 Å². The number of halogens is 1. The minimum atomic E-state index is 1.09. The maximum Gasteiger partial charge on any atom is 0.0542 e. The van der Waals surface area contributed by atoms with Crippen molar-refractivity contribution in [2.24, 2.45) is 0 Å². The Hall–Kier alpha value is -4.60. The first kappa shape index (κ1) is 22.4. The highest BCUT2D eigenvalue weighted by atomic mass is 79.9. The largest absolute Gasteiger partial charge is 0.309 e. The zero-order valence-electron chi connectivity index (χ0n) is 21.1. The SMILES string of the molecule is Brc1ccc2c(c1)c1ccccc1n2-c1ccc2c(c1)c1ccccc1n2-c1cccc(-c2ccccc2)c1. The van der Waals surface area contributed by atoms with Crippen LogP contribution in [0.5, 0.6) is 0 Å². The van der Waals surface area contributed by atoms with Crippen LogP contribution in [0.3, 0.4) is 0 Å². The molecule has 0 aliphatic carbocycles. The lowest BCUT2D eigenvalue weighted by molar-refractivity contribution is 1.17. The van der Waals surface area contributed by atoms with E-state index in [0.29, 0.717) is 0 Å². The Labute approximate surface area is 234 Å². The lowest BCUT2D eigenvalue weighted by atomic mass is 10.1. The van der Waals surface area contributed by atoms with Crippen molar-refractivity contribution in [3.05, 3.63) is 144 Å². The molecule has 6 aromatic carbocycles. The zero-order chi connectivity index (χ0) is 25.9. The molecule has 2 nitrogen and oxygen atoms in total. The monoisotopic (exact) mass is 562 g/mol. The molecule has 8 aromatic rings. The average molecular weight is 563 g/mol. The molecule has 184 valence electrons. The van der Waals surface area contributed by atoms with E-state index in [0.717, 1.165) is 15.8 Å². The summed E-state index contributed by atoms with van der Waals surface area (Å²) in [6.45, 7) is 0. The fourth-order valence-electron chi connectivity index (χ4n) is 6.06. The molecule has 0 saturated carbocycles. The topological polar surface area (TPSA) is 9.86 Å². The number of hydrogen-bond donors (Lipinski definition) is 0. The Morgan fingerprint density at radius 1 is 0.359 bits per heavy atom. The maximum atomic E-state index is 3.68. The lowest BCUT2D eigenvalue weighted by Gasteiger charge is -2.11. The average Bonchev–Trinajstić information content (AvgIpc) is 3.50. The van der Waals surface area contributed by atoms with Crippen LogP contribution in [0.25, 0.3) is 66.1 Å².